The molecule has 2 aromatic rings. The van der Waals surface area contributed by atoms with Crippen molar-refractivity contribution in [2.45, 2.75) is 20.4 Å². The van der Waals surface area contributed by atoms with Gasteiger partial charge >= 0.3 is 0 Å². The number of ether oxygens (including phenoxy) is 2. The number of amides is 1. The lowest BCUT2D eigenvalue weighted by Crippen LogP contribution is -2.33. The summed E-state index contributed by atoms with van der Waals surface area (Å²) in [5.74, 6) is 1.05. The van der Waals surface area contributed by atoms with Crippen LogP contribution in [0.25, 0.3) is 0 Å². The summed E-state index contributed by atoms with van der Waals surface area (Å²) >= 11 is 0. The number of likely N-dealkylation sites (N-methyl/N-ethyl adjacent to an activating group) is 1. The summed E-state index contributed by atoms with van der Waals surface area (Å²) < 4.78 is 10.6. The molecule has 0 spiro atoms. The van der Waals surface area contributed by atoms with Crippen molar-refractivity contribution in [1.29, 1.82) is 0 Å². The molecule has 150 valence electrons. The van der Waals surface area contributed by atoms with Crippen LogP contribution in [-0.4, -0.2) is 43.0 Å². The number of benzene rings is 2. The Morgan fingerprint density at radius 2 is 1.89 bits per heavy atom. The molecule has 0 saturated carbocycles. The van der Waals surface area contributed by atoms with Gasteiger partial charge in [-0.15, -0.1) is 0 Å². The molecule has 0 aliphatic rings. The molecule has 0 aromatic heterocycles. The number of rotatable bonds is 9. The molecular formula is C20H25N3O5. The lowest BCUT2D eigenvalue weighted by atomic mass is 10.1. The maximum atomic E-state index is 12.5. The first-order valence-corrected chi connectivity index (χ1v) is 8.86. The van der Waals surface area contributed by atoms with Crippen molar-refractivity contribution >= 4 is 17.3 Å². The Morgan fingerprint density at radius 3 is 2.50 bits per heavy atom. The summed E-state index contributed by atoms with van der Waals surface area (Å²) in [7, 11) is 3.16. The fourth-order valence-corrected chi connectivity index (χ4v) is 2.87. The number of carbonyl (C=O) groups is 1. The van der Waals surface area contributed by atoms with Gasteiger partial charge in [-0.3, -0.25) is 19.8 Å². The van der Waals surface area contributed by atoms with E-state index >= 15 is 0 Å². The van der Waals surface area contributed by atoms with E-state index in [1.54, 1.807) is 33.3 Å². The second kappa shape index (κ2) is 9.70. The van der Waals surface area contributed by atoms with Crippen LogP contribution < -0.4 is 14.8 Å². The Morgan fingerprint density at radius 1 is 1.18 bits per heavy atom. The molecule has 0 atom stereocenters. The standard InChI is InChI=1S/C20H25N3O5/c1-5-22(12-15-9-10-18(27-3)19(11-15)28-4)13-20(24)21-16-7-6-8-17(14(16)2)23(25)26/h6-11H,5,12-13H2,1-4H3,(H,21,24). The second-order valence-corrected chi connectivity index (χ2v) is 6.25. The number of anilines is 1. The summed E-state index contributed by atoms with van der Waals surface area (Å²) in [6.45, 7) is 4.96. The molecule has 1 amide bonds. The molecule has 0 radical (unpaired) electrons. The van der Waals surface area contributed by atoms with Crippen LogP contribution in [0.2, 0.25) is 0 Å². The third-order valence-electron chi connectivity index (χ3n) is 4.44. The topological polar surface area (TPSA) is 93.9 Å². The molecule has 0 saturated heterocycles. The zero-order valence-electron chi connectivity index (χ0n) is 16.5. The van der Waals surface area contributed by atoms with Crippen LogP contribution in [-0.2, 0) is 11.3 Å². The molecule has 0 aliphatic carbocycles. The largest absolute Gasteiger partial charge is 0.493 e. The summed E-state index contributed by atoms with van der Waals surface area (Å²) in [5.41, 5.74) is 1.85. The summed E-state index contributed by atoms with van der Waals surface area (Å²) in [5, 5.41) is 13.8. The van der Waals surface area contributed by atoms with Gasteiger partial charge in [0.2, 0.25) is 5.91 Å². The number of nitrogens with one attached hydrogen (secondary N) is 1. The molecular weight excluding hydrogens is 362 g/mol. The highest BCUT2D eigenvalue weighted by Crippen LogP contribution is 2.28. The van der Waals surface area contributed by atoms with Gasteiger partial charge < -0.3 is 14.8 Å². The highest BCUT2D eigenvalue weighted by molar-refractivity contribution is 5.93. The molecule has 1 N–H and O–H groups in total. The number of nitrogens with zero attached hydrogens (tertiary/aromatic N) is 2. The van der Waals surface area contributed by atoms with Crippen LogP contribution >= 0.6 is 0 Å². The molecule has 0 unspecified atom stereocenters. The predicted octanol–water partition coefficient (Wildman–Crippen LogP) is 3.38. The fraction of sp³-hybridized carbons (Fsp3) is 0.350. The maximum absolute atomic E-state index is 12.5. The molecule has 28 heavy (non-hydrogen) atoms. The van der Waals surface area contributed by atoms with Gasteiger partial charge in [0.1, 0.15) is 0 Å². The van der Waals surface area contributed by atoms with E-state index in [9.17, 15) is 14.9 Å². The lowest BCUT2D eigenvalue weighted by Gasteiger charge is -2.21. The van der Waals surface area contributed by atoms with Crippen molar-refractivity contribution in [3.05, 3.63) is 57.6 Å². The zero-order chi connectivity index (χ0) is 20.7. The number of hydrogen-bond acceptors (Lipinski definition) is 6. The van der Waals surface area contributed by atoms with Gasteiger partial charge in [0.15, 0.2) is 11.5 Å². The lowest BCUT2D eigenvalue weighted by molar-refractivity contribution is -0.385. The van der Waals surface area contributed by atoms with Crippen LogP contribution in [0.1, 0.15) is 18.1 Å². The van der Waals surface area contributed by atoms with Gasteiger partial charge in [-0.2, -0.15) is 0 Å². The first-order chi connectivity index (χ1) is 13.4. The van der Waals surface area contributed by atoms with Crippen molar-refractivity contribution in [3.63, 3.8) is 0 Å². The molecule has 8 nitrogen and oxygen atoms in total. The quantitative estimate of drug-likeness (QED) is 0.524. The van der Waals surface area contributed by atoms with Crippen LogP contribution in [0, 0.1) is 17.0 Å². The first-order valence-electron chi connectivity index (χ1n) is 8.86. The van der Waals surface area contributed by atoms with E-state index in [0.717, 1.165) is 5.56 Å². The number of carbonyl (C=O) groups excluding carboxylic acids is 1. The van der Waals surface area contributed by atoms with Crippen LogP contribution in [0.3, 0.4) is 0 Å². The zero-order valence-corrected chi connectivity index (χ0v) is 16.5. The van der Waals surface area contributed by atoms with Crippen LogP contribution in [0.4, 0.5) is 11.4 Å². The normalized spacial score (nSPS) is 10.6. The summed E-state index contributed by atoms with van der Waals surface area (Å²) in [4.78, 5) is 25.0. The molecule has 0 heterocycles. The van der Waals surface area contributed by atoms with Gasteiger partial charge in [-0.25, -0.2) is 0 Å². The van der Waals surface area contributed by atoms with E-state index in [0.29, 0.717) is 35.8 Å². The van der Waals surface area contributed by atoms with E-state index in [1.807, 2.05) is 30.0 Å². The minimum absolute atomic E-state index is 0.0181. The van der Waals surface area contributed by atoms with Crippen molar-refractivity contribution in [1.82, 2.24) is 4.90 Å². The fourth-order valence-electron chi connectivity index (χ4n) is 2.87. The van der Waals surface area contributed by atoms with Crippen LogP contribution in [0.15, 0.2) is 36.4 Å². The minimum atomic E-state index is -0.458. The number of nitro groups is 1. The number of nitro benzene ring substituents is 1. The van der Waals surface area contributed by atoms with Crippen molar-refractivity contribution in [2.24, 2.45) is 0 Å². The third kappa shape index (κ3) is 5.20. The average molecular weight is 387 g/mol. The third-order valence-corrected chi connectivity index (χ3v) is 4.44. The predicted molar refractivity (Wildman–Crippen MR) is 107 cm³/mol. The Bertz CT molecular complexity index is 854. The van der Waals surface area contributed by atoms with E-state index in [-0.39, 0.29) is 18.1 Å². The molecule has 2 rings (SSSR count). The van der Waals surface area contributed by atoms with E-state index < -0.39 is 4.92 Å². The van der Waals surface area contributed by atoms with E-state index in [1.165, 1.54) is 6.07 Å². The van der Waals surface area contributed by atoms with E-state index in [2.05, 4.69) is 5.32 Å². The van der Waals surface area contributed by atoms with Gasteiger partial charge in [-0.1, -0.05) is 19.1 Å². The summed E-state index contributed by atoms with van der Waals surface area (Å²) in [6, 6.07) is 10.3. The first kappa shape index (κ1) is 21.2. The highest BCUT2D eigenvalue weighted by Gasteiger charge is 2.16. The second-order valence-electron chi connectivity index (χ2n) is 6.25. The molecule has 8 heteroatoms. The van der Waals surface area contributed by atoms with Crippen molar-refractivity contribution < 1.29 is 19.2 Å². The molecule has 0 bridgehead atoms. The molecule has 0 aliphatic heterocycles. The monoisotopic (exact) mass is 387 g/mol. The Balaban J connectivity index is 2.06. The minimum Gasteiger partial charge on any atom is -0.493 e. The smallest absolute Gasteiger partial charge is 0.274 e. The SMILES string of the molecule is CCN(CC(=O)Nc1cccc([N+](=O)[O-])c1C)Cc1ccc(OC)c(OC)c1. The molecule has 2 aromatic carbocycles. The Hall–Kier alpha value is -3.13. The van der Waals surface area contributed by atoms with E-state index in [4.69, 9.17) is 9.47 Å². The summed E-state index contributed by atoms with van der Waals surface area (Å²) in [6.07, 6.45) is 0. The number of hydrogen-bond donors (Lipinski definition) is 1. The Labute approximate surface area is 164 Å². The van der Waals surface area contributed by atoms with Crippen molar-refractivity contribution in [2.75, 3.05) is 32.6 Å². The van der Waals surface area contributed by atoms with Gasteiger partial charge in [-0.05, 0) is 37.2 Å². The van der Waals surface area contributed by atoms with Gasteiger partial charge in [0.05, 0.1) is 36.9 Å². The average Bonchev–Trinajstić information content (AvgIpc) is 2.68. The van der Waals surface area contributed by atoms with Crippen LogP contribution in [0.5, 0.6) is 11.5 Å². The van der Waals surface area contributed by atoms with Gasteiger partial charge in [0.25, 0.3) is 5.69 Å². The molecule has 0 fully saturated rings. The number of methoxy groups -OCH3 is 2. The Kier molecular flexibility index (Phi) is 7.34. The maximum Gasteiger partial charge on any atom is 0.274 e. The van der Waals surface area contributed by atoms with Gasteiger partial charge in [0, 0.05) is 12.6 Å². The van der Waals surface area contributed by atoms with Crippen molar-refractivity contribution in [3.8, 4) is 11.5 Å². The highest BCUT2D eigenvalue weighted by atomic mass is 16.6.